The number of hydrogen-bond donors (Lipinski definition) is 1. The maximum absolute atomic E-state index is 13.0. The van der Waals surface area contributed by atoms with Gasteiger partial charge < -0.3 is 10.1 Å². The molecule has 9 nitrogen and oxygen atoms in total. The van der Waals surface area contributed by atoms with Crippen LogP contribution in [0.1, 0.15) is 90.0 Å². The maximum atomic E-state index is 13.0. The Kier molecular flexibility index (Phi) is 6.31. The summed E-state index contributed by atoms with van der Waals surface area (Å²) in [5.41, 5.74) is 0.625. The van der Waals surface area contributed by atoms with E-state index in [9.17, 15) is 19.2 Å². The Morgan fingerprint density at radius 1 is 1.03 bits per heavy atom. The lowest BCUT2D eigenvalue weighted by Gasteiger charge is -2.29. The molecule has 1 aromatic heterocycles. The topological polar surface area (TPSA) is 111 Å². The third-order valence-electron chi connectivity index (χ3n) is 6.16. The monoisotopic (exact) mass is 452 g/mol. The van der Waals surface area contributed by atoms with E-state index in [1.54, 1.807) is 16.9 Å². The zero-order chi connectivity index (χ0) is 23.7. The van der Waals surface area contributed by atoms with Gasteiger partial charge in [-0.2, -0.15) is 5.10 Å². The standard InChI is InChI=1S/C24H28N4O5/c1-14(2)28-20(11-12-25-28)26-21(29)15(3)33-24(32)16-9-10-18-19(13-16)23(31)27(22(18)30)17-7-5-4-6-8-17/h9-15,17H,4-8H2,1-3H3,(H,26,29)/t15-/m1/s1. The SMILES string of the molecule is CC(C)n1nccc1NC(=O)[C@@H](C)OC(=O)c1ccc2c(c1)C(=O)N(C1CCCCC1)C2=O. The quantitative estimate of drug-likeness (QED) is 0.530. The number of hydrogen-bond acceptors (Lipinski definition) is 6. The van der Waals surface area contributed by atoms with Gasteiger partial charge in [-0.25, -0.2) is 9.48 Å². The Morgan fingerprint density at radius 3 is 2.42 bits per heavy atom. The van der Waals surface area contributed by atoms with E-state index in [2.05, 4.69) is 10.4 Å². The Labute approximate surface area is 192 Å². The summed E-state index contributed by atoms with van der Waals surface area (Å²) >= 11 is 0. The number of fused-ring (bicyclic) bond motifs is 1. The minimum atomic E-state index is -1.07. The number of rotatable bonds is 6. The van der Waals surface area contributed by atoms with Crippen molar-refractivity contribution < 1.29 is 23.9 Å². The van der Waals surface area contributed by atoms with Gasteiger partial charge in [0.2, 0.25) is 0 Å². The summed E-state index contributed by atoms with van der Waals surface area (Å²) in [5.74, 6) is -1.42. The second-order valence-corrected chi connectivity index (χ2v) is 8.82. The van der Waals surface area contributed by atoms with Crippen LogP contribution in [0.5, 0.6) is 0 Å². The second kappa shape index (κ2) is 9.17. The summed E-state index contributed by atoms with van der Waals surface area (Å²) in [7, 11) is 0. The minimum absolute atomic E-state index is 0.0491. The lowest BCUT2D eigenvalue weighted by molar-refractivity contribution is -0.123. The van der Waals surface area contributed by atoms with Crippen molar-refractivity contribution in [1.29, 1.82) is 0 Å². The lowest BCUT2D eigenvalue weighted by atomic mass is 9.94. The molecule has 0 bridgehead atoms. The smallest absolute Gasteiger partial charge is 0.338 e. The fourth-order valence-corrected chi connectivity index (χ4v) is 4.39. The van der Waals surface area contributed by atoms with Crippen molar-refractivity contribution in [2.75, 3.05) is 5.32 Å². The highest BCUT2D eigenvalue weighted by Gasteiger charge is 2.40. The van der Waals surface area contributed by atoms with Crippen molar-refractivity contribution in [2.24, 2.45) is 0 Å². The molecule has 1 N–H and O–H groups in total. The average Bonchev–Trinajstić information content (AvgIpc) is 3.36. The van der Waals surface area contributed by atoms with E-state index in [-0.39, 0.29) is 35.0 Å². The average molecular weight is 453 g/mol. The highest BCUT2D eigenvalue weighted by molar-refractivity contribution is 6.22. The molecule has 1 saturated carbocycles. The van der Waals surface area contributed by atoms with Crippen molar-refractivity contribution in [3.63, 3.8) is 0 Å². The van der Waals surface area contributed by atoms with Crippen LogP contribution in [0.15, 0.2) is 30.5 Å². The molecule has 2 aromatic rings. The number of carbonyl (C=O) groups excluding carboxylic acids is 4. The minimum Gasteiger partial charge on any atom is -0.449 e. The van der Waals surface area contributed by atoms with Crippen LogP contribution in [0.25, 0.3) is 0 Å². The van der Waals surface area contributed by atoms with Crippen molar-refractivity contribution in [3.05, 3.63) is 47.2 Å². The van der Waals surface area contributed by atoms with Crippen LogP contribution in [0.2, 0.25) is 0 Å². The summed E-state index contributed by atoms with van der Waals surface area (Å²) in [6.45, 7) is 5.33. The molecule has 1 aliphatic heterocycles. The lowest BCUT2D eigenvalue weighted by Crippen LogP contribution is -2.40. The van der Waals surface area contributed by atoms with E-state index in [1.807, 2.05) is 13.8 Å². The summed E-state index contributed by atoms with van der Waals surface area (Å²) in [5, 5.41) is 6.86. The molecule has 9 heteroatoms. The number of carbonyl (C=O) groups is 4. The Hall–Kier alpha value is -3.49. The molecular formula is C24H28N4O5. The van der Waals surface area contributed by atoms with Gasteiger partial charge >= 0.3 is 5.97 Å². The molecule has 1 aliphatic carbocycles. The molecule has 174 valence electrons. The van der Waals surface area contributed by atoms with E-state index < -0.39 is 18.0 Å². The van der Waals surface area contributed by atoms with Gasteiger partial charge in [0.25, 0.3) is 17.7 Å². The van der Waals surface area contributed by atoms with E-state index in [0.717, 1.165) is 32.1 Å². The number of nitrogens with zero attached hydrogens (tertiary/aromatic N) is 3. The number of imide groups is 1. The first-order valence-corrected chi connectivity index (χ1v) is 11.3. The molecule has 0 spiro atoms. The Bertz CT molecular complexity index is 1100. The Balaban J connectivity index is 1.44. The van der Waals surface area contributed by atoms with Crippen molar-refractivity contribution in [1.82, 2.24) is 14.7 Å². The molecule has 4 rings (SSSR count). The normalized spacial score (nSPS) is 17.3. The van der Waals surface area contributed by atoms with Crippen LogP contribution < -0.4 is 5.32 Å². The van der Waals surface area contributed by atoms with Crippen molar-refractivity contribution in [3.8, 4) is 0 Å². The van der Waals surface area contributed by atoms with Gasteiger partial charge in [-0.1, -0.05) is 19.3 Å². The molecule has 33 heavy (non-hydrogen) atoms. The molecule has 1 fully saturated rings. The van der Waals surface area contributed by atoms with Crippen molar-refractivity contribution in [2.45, 2.75) is 71.1 Å². The molecule has 3 amide bonds. The first-order valence-electron chi connectivity index (χ1n) is 11.3. The number of amides is 3. The largest absolute Gasteiger partial charge is 0.449 e. The third kappa shape index (κ3) is 4.40. The third-order valence-corrected chi connectivity index (χ3v) is 6.16. The number of anilines is 1. The van der Waals surface area contributed by atoms with Crippen molar-refractivity contribution >= 4 is 29.5 Å². The van der Waals surface area contributed by atoms with E-state index in [0.29, 0.717) is 11.4 Å². The van der Waals surface area contributed by atoms with Gasteiger partial charge in [0, 0.05) is 18.2 Å². The summed E-state index contributed by atoms with van der Waals surface area (Å²) in [6, 6.07) is 5.95. The highest BCUT2D eigenvalue weighted by Crippen LogP contribution is 2.31. The van der Waals surface area contributed by atoms with Crippen LogP contribution in [-0.2, 0) is 9.53 Å². The van der Waals surface area contributed by atoms with Gasteiger partial charge in [-0.15, -0.1) is 0 Å². The van der Waals surface area contributed by atoms with E-state index in [1.165, 1.54) is 30.0 Å². The zero-order valence-electron chi connectivity index (χ0n) is 19.0. The molecule has 1 aromatic carbocycles. The predicted octanol–water partition coefficient (Wildman–Crippen LogP) is 3.58. The Morgan fingerprint density at radius 2 is 1.73 bits per heavy atom. The molecule has 1 atom stereocenters. The summed E-state index contributed by atoms with van der Waals surface area (Å²) in [6.07, 6.45) is 5.22. The summed E-state index contributed by atoms with van der Waals surface area (Å²) < 4.78 is 6.97. The van der Waals surface area contributed by atoms with Crippen LogP contribution in [0.4, 0.5) is 5.82 Å². The van der Waals surface area contributed by atoms with E-state index in [4.69, 9.17) is 4.74 Å². The van der Waals surface area contributed by atoms with Crippen LogP contribution in [0, 0.1) is 0 Å². The fourth-order valence-electron chi connectivity index (χ4n) is 4.39. The molecule has 0 unspecified atom stereocenters. The molecule has 2 aliphatic rings. The zero-order valence-corrected chi connectivity index (χ0v) is 19.0. The maximum Gasteiger partial charge on any atom is 0.338 e. The molecule has 0 saturated heterocycles. The van der Waals surface area contributed by atoms with Gasteiger partial charge in [-0.05, 0) is 51.8 Å². The van der Waals surface area contributed by atoms with Crippen LogP contribution in [0.3, 0.4) is 0 Å². The van der Waals surface area contributed by atoms with Gasteiger partial charge in [-0.3, -0.25) is 19.3 Å². The number of benzene rings is 1. The van der Waals surface area contributed by atoms with Crippen LogP contribution in [-0.4, -0.2) is 50.5 Å². The number of ether oxygens (including phenoxy) is 1. The van der Waals surface area contributed by atoms with Gasteiger partial charge in [0.1, 0.15) is 5.82 Å². The second-order valence-electron chi connectivity index (χ2n) is 8.82. The number of aromatic nitrogens is 2. The predicted molar refractivity (Wildman–Crippen MR) is 120 cm³/mol. The summed E-state index contributed by atoms with van der Waals surface area (Å²) in [4.78, 5) is 52.3. The highest BCUT2D eigenvalue weighted by atomic mass is 16.5. The first-order chi connectivity index (χ1) is 15.8. The molecular weight excluding hydrogens is 424 g/mol. The number of esters is 1. The van der Waals surface area contributed by atoms with Gasteiger partial charge in [0.05, 0.1) is 22.9 Å². The van der Waals surface area contributed by atoms with E-state index >= 15 is 0 Å². The number of nitrogens with one attached hydrogen (secondary N) is 1. The fraction of sp³-hybridized carbons (Fsp3) is 0.458. The van der Waals surface area contributed by atoms with Gasteiger partial charge in [0.15, 0.2) is 6.10 Å². The molecule has 0 radical (unpaired) electrons. The first kappa shape index (κ1) is 22.7. The van der Waals surface area contributed by atoms with Crippen LogP contribution >= 0.6 is 0 Å². The molecule has 2 heterocycles.